The molecule has 6 aromatic carbocycles. The van der Waals surface area contributed by atoms with Gasteiger partial charge >= 0.3 is 0 Å². The van der Waals surface area contributed by atoms with Crippen LogP contribution in [0.25, 0.3) is 11.1 Å². The van der Waals surface area contributed by atoms with Crippen LogP contribution in [0.3, 0.4) is 0 Å². The number of nitrogens with zero attached hydrogens (tertiary/aromatic N) is 2. The Labute approximate surface area is 265 Å². The third-order valence-corrected chi connectivity index (χ3v) is 11.0. The fraction of sp³-hybridized carbons (Fsp3) is 0.143. The van der Waals surface area contributed by atoms with Gasteiger partial charge in [0.25, 0.3) is 6.71 Å². The van der Waals surface area contributed by atoms with Gasteiger partial charge in [0.2, 0.25) is 0 Å². The second-order valence-electron chi connectivity index (χ2n) is 13.2. The van der Waals surface area contributed by atoms with E-state index in [0.29, 0.717) is 0 Å². The Balaban J connectivity index is 1.22. The molecule has 0 atom stereocenters. The highest BCUT2D eigenvalue weighted by atomic mass is 15.2. The SMILES string of the molecule is c1ccc(N2c3ccccc3B3c4ccccc4N(c4ccc5c(c4)C4(CCCCC4)c4ccccc4-5)c4cccc2c43)cc1. The lowest BCUT2D eigenvalue weighted by atomic mass is 9.33. The van der Waals surface area contributed by atoms with Crippen LogP contribution in [0.15, 0.2) is 140 Å². The number of rotatable bonds is 2. The van der Waals surface area contributed by atoms with Gasteiger partial charge in [0, 0.05) is 39.5 Å². The molecule has 2 nitrogen and oxygen atoms in total. The van der Waals surface area contributed by atoms with Crippen molar-refractivity contribution in [3.05, 3.63) is 151 Å². The van der Waals surface area contributed by atoms with Crippen LogP contribution in [0.4, 0.5) is 34.1 Å². The van der Waals surface area contributed by atoms with E-state index in [9.17, 15) is 0 Å². The molecule has 0 aromatic heterocycles. The van der Waals surface area contributed by atoms with Gasteiger partial charge in [-0.15, -0.1) is 0 Å². The second kappa shape index (κ2) is 9.49. The summed E-state index contributed by atoms with van der Waals surface area (Å²) in [6.07, 6.45) is 6.42. The van der Waals surface area contributed by atoms with E-state index in [4.69, 9.17) is 0 Å². The van der Waals surface area contributed by atoms with Crippen molar-refractivity contribution in [2.75, 3.05) is 9.80 Å². The molecule has 0 N–H and O–H groups in total. The van der Waals surface area contributed by atoms with E-state index < -0.39 is 0 Å². The van der Waals surface area contributed by atoms with Gasteiger partial charge in [0.15, 0.2) is 0 Å². The molecule has 6 aromatic rings. The molecule has 45 heavy (non-hydrogen) atoms. The van der Waals surface area contributed by atoms with Crippen LogP contribution in [-0.4, -0.2) is 6.71 Å². The zero-order chi connectivity index (χ0) is 29.5. The first-order valence-electron chi connectivity index (χ1n) is 16.5. The summed E-state index contributed by atoms with van der Waals surface area (Å²) in [5, 5.41) is 0. The normalized spacial score (nSPS) is 16.5. The molecule has 2 heterocycles. The molecule has 0 unspecified atom stereocenters. The quantitative estimate of drug-likeness (QED) is 0.190. The van der Waals surface area contributed by atoms with Crippen molar-refractivity contribution in [2.45, 2.75) is 37.5 Å². The van der Waals surface area contributed by atoms with Gasteiger partial charge in [-0.1, -0.05) is 110 Å². The number of hydrogen-bond donors (Lipinski definition) is 0. The van der Waals surface area contributed by atoms with Gasteiger partial charge in [-0.25, -0.2) is 0 Å². The van der Waals surface area contributed by atoms with E-state index in [0.717, 1.165) is 0 Å². The van der Waals surface area contributed by atoms with E-state index in [1.807, 2.05) is 0 Å². The van der Waals surface area contributed by atoms with Crippen molar-refractivity contribution in [3.63, 3.8) is 0 Å². The number of hydrogen-bond acceptors (Lipinski definition) is 2. The van der Waals surface area contributed by atoms with Crippen molar-refractivity contribution < 1.29 is 0 Å². The Morgan fingerprint density at radius 2 is 1.02 bits per heavy atom. The Morgan fingerprint density at radius 3 is 1.76 bits per heavy atom. The monoisotopic (exact) mass is 576 g/mol. The van der Waals surface area contributed by atoms with Crippen LogP contribution in [0.5, 0.6) is 0 Å². The van der Waals surface area contributed by atoms with Gasteiger partial charge < -0.3 is 9.80 Å². The molecule has 0 amide bonds. The maximum Gasteiger partial charge on any atom is 0.252 e. The van der Waals surface area contributed by atoms with Crippen LogP contribution in [0.2, 0.25) is 0 Å². The summed E-state index contributed by atoms with van der Waals surface area (Å²) in [6.45, 7) is 0.170. The van der Waals surface area contributed by atoms with E-state index in [1.165, 1.54) is 99.3 Å². The molecular weight excluding hydrogens is 543 g/mol. The van der Waals surface area contributed by atoms with E-state index in [2.05, 4.69) is 149 Å². The van der Waals surface area contributed by atoms with Gasteiger partial charge in [0.1, 0.15) is 0 Å². The maximum atomic E-state index is 2.56. The molecule has 2 aliphatic carbocycles. The number of benzene rings is 6. The smallest absolute Gasteiger partial charge is 0.252 e. The van der Waals surface area contributed by atoms with E-state index >= 15 is 0 Å². The van der Waals surface area contributed by atoms with Crippen molar-refractivity contribution in [1.29, 1.82) is 0 Å². The van der Waals surface area contributed by atoms with Gasteiger partial charge in [0.05, 0.1) is 0 Å². The van der Waals surface area contributed by atoms with Crippen molar-refractivity contribution >= 4 is 57.2 Å². The summed E-state index contributed by atoms with van der Waals surface area (Å²) in [4.78, 5) is 5.02. The second-order valence-corrected chi connectivity index (χ2v) is 13.2. The molecule has 3 heteroatoms. The summed E-state index contributed by atoms with van der Waals surface area (Å²) in [6, 6.07) is 52.4. The van der Waals surface area contributed by atoms with Crippen molar-refractivity contribution in [1.82, 2.24) is 0 Å². The Morgan fingerprint density at radius 1 is 0.444 bits per heavy atom. The first-order valence-corrected chi connectivity index (χ1v) is 16.5. The fourth-order valence-corrected chi connectivity index (χ4v) is 9.25. The largest absolute Gasteiger partial charge is 0.311 e. The third-order valence-electron chi connectivity index (χ3n) is 11.0. The van der Waals surface area contributed by atoms with Crippen LogP contribution in [0.1, 0.15) is 43.2 Å². The highest BCUT2D eigenvalue weighted by molar-refractivity contribution is 7.00. The topological polar surface area (TPSA) is 6.48 Å². The Hall–Kier alpha value is -5.02. The van der Waals surface area contributed by atoms with Gasteiger partial charge in [-0.2, -0.15) is 0 Å². The van der Waals surface area contributed by atoms with Gasteiger partial charge in [-0.3, -0.25) is 0 Å². The first-order chi connectivity index (χ1) is 22.3. The van der Waals surface area contributed by atoms with Crippen LogP contribution < -0.4 is 26.2 Å². The number of para-hydroxylation sites is 3. The Bertz CT molecular complexity index is 2130. The number of fused-ring (bicyclic) bond motifs is 9. The standard InChI is InChI=1S/C42H33BN2/c1-3-14-29(15-4-1)44-37-20-9-7-18-35(37)43-36-19-8-10-21-38(36)45(40-23-13-22-39(44)41(40)43)30-24-25-32-31-16-5-6-17-33(31)42(34(32)28-30)26-11-2-12-27-42/h1,3-10,13-25,28H,2,11-12,26-27H2. The highest BCUT2D eigenvalue weighted by Crippen LogP contribution is 2.57. The first kappa shape index (κ1) is 25.3. The summed E-state index contributed by atoms with van der Waals surface area (Å²) < 4.78 is 0. The summed E-state index contributed by atoms with van der Waals surface area (Å²) in [5.41, 5.74) is 17.7. The van der Waals surface area contributed by atoms with Gasteiger partial charge in [-0.05, 0) is 100 Å². The fourth-order valence-electron chi connectivity index (χ4n) is 9.25. The Kier molecular flexibility index (Phi) is 5.34. The molecule has 0 bridgehead atoms. The molecule has 1 spiro atoms. The molecule has 10 rings (SSSR count). The number of anilines is 6. The molecule has 0 saturated heterocycles. The zero-order valence-corrected chi connectivity index (χ0v) is 25.3. The summed E-state index contributed by atoms with van der Waals surface area (Å²) in [7, 11) is 0. The van der Waals surface area contributed by atoms with Crippen molar-refractivity contribution in [2.24, 2.45) is 0 Å². The van der Waals surface area contributed by atoms with E-state index in [-0.39, 0.29) is 12.1 Å². The third kappa shape index (κ3) is 3.41. The lowest BCUT2D eigenvalue weighted by molar-refractivity contribution is 0.353. The lowest BCUT2D eigenvalue weighted by Gasteiger charge is -2.44. The molecule has 1 saturated carbocycles. The lowest BCUT2D eigenvalue weighted by Crippen LogP contribution is -2.61. The summed E-state index contributed by atoms with van der Waals surface area (Å²) >= 11 is 0. The molecular formula is C42H33BN2. The molecule has 2 aliphatic heterocycles. The summed E-state index contributed by atoms with van der Waals surface area (Å²) in [5.74, 6) is 0. The average molecular weight is 577 g/mol. The molecule has 0 radical (unpaired) electrons. The predicted octanol–water partition coefficient (Wildman–Crippen LogP) is 9.00. The zero-order valence-electron chi connectivity index (χ0n) is 25.3. The highest BCUT2D eigenvalue weighted by Gasteiger charge is 2.46. The maximum absolute atomic E-state index is 2.56. The molecule has 214 valence electrons. The average Bonchev–Trinajstić information content (AvgIpc) is 3.37. The molecule has 4 aliphatic rings. The minimum atomic E-state index is 0.122. The van der Waals surface area contributed by atoms with Crippen molar-refractivity contribution in [3.8, 4) is 11.1 Å². The van der Waals surface area contributed by atoms with Crippen LogP contribution in [0, 0.1) is 0 Å². The van der Waals surface area contributed by atoms with E-state index in [1.54, 1.807) is 5.56 Å². The van der Waals surface area contributed by atoms with Crippen LogP contribution >= 0.6 is 0 Å². The van der Waals surface area contributed by atoms with Crippen LogP contribution in [-0.2, 0) is 5.41 Å². The minimum absolute atomic E-state index is 0.122. The minimum Gasteiger partial charge on any atom is -0.311 e. The molecule has 1 fully saturated rings. The predicted molar refractivity (Wildman–Crippen MR) is 190 cm³/mol.